The number of aryl methyl sites for hydroxylation is 1. The zero-order chi connectivity index (χ0) is 14.5. The number of nitrogens with one attached hydrogen (secondary N) is 1. The van der Waals surface area contributed by atoms with E-state index in [0.717, 1.165) is 29.2 Å². The molecule has 4 nitrogen and oxygen atoms in total. The second kappa shape index (κ2) is 7.71. The minimum absolute atomic E-state index is 0.499. The topological polar surface area (TPSA) is 42.7 Å². The van der Waals surface area contributed by atoms with Crippen LogP contribution in [0.3, 0.4) is 0 Å². The molecule has 1 aliphatic rings. The van der Waals surface area contributed by atoms with Crippen LogP contribution in [0.1, 0.15) is 32.9 Å². The van der Waals surface area contributed by atoms with E-state index in [-0.39, 0.29) is 0 Å². The Bertz CT molecular complexity index is 410. The standard InChI is InChI=1S/C14H26N4S2/c1-5-6-15-13(7-12-8-18(4)17-16-12)14-9-19-10(2)11(3)20-14/h8,10-11,13-15H,5-7,9H2,1-4H3. The van der Waals surface area contributed by atoms with E-state index in [2.05, 4.69) is 59.9 Å². The Morgan fingerprint density at radius 1 is 1.45 bits per heavy atom. The van der Waals surface area contributed by atoms with Gasteiger partial charge in [0.15, 0.2) is 0 Å². The quantitative estimate of drug-likeness (QED) is 0.873. The normalized spacial score (nSPS) is 28.5. The van der Waals surface area contributed by atoms with Gasteiger partial charge in [-0.15, -0.1) is 5.10 Å². The Hall–Kier alpha value is -0.200. The molecule has 1 aliphatic heterocycles. The van der Waals surface area contributed by atoms with Crippen LogP contribution in [0.4, 0.5) is 0 Å². The van der Waals surface area contributed by atoms with Gasteiger partial charge < -0.3 is 5.32 Å². The van der Waals surface area contributed by atoms with Crippen LogP contribution in [0, 0.1) is 0 Å². The molecular weight excluding hydrogens is 288 g/mol. The molecule has 1 saturated heterocycles. The highest BCUT2D eigenvalue weighted by Crippen LogP contribution is 2.37. The van der Waals surface area contributed by atoms with E-state index < -0.39 is 0 Å². The molecule has 2 rings (SSSR count). The molecule has 0 saturated carbocycles. The van der Waals surface area contributed by atoms with Crippen molar-refractivity contribution in [1.29, 1.82) is 0 Å². The first-order valence-electron chi connectivity index (χ1n) is 7.45. The average Bonchev–Trinajstić information content (AvgIpc) is 2.83. The molecule has 1 aromatic heterocycles. The van der Waals surface area contributed by atoms with Crippen LogP contribution in [-0.4, -0.2) is 49.1 Å². The summed E-state index contributed by atoms with van der Waals surface area (Å²) in [5, 5.41) is 14.2. The van der Waals surface area contributed by atoms with E-state index in [1.165, 1.54) is 12.2 Å². The minimum Gasteiger partial charge on any atom is -0.312 e. The van der Waals surface area contributed by atoms with Crippen LogP contribution in [0.5, 0.6) is 0 Å². The summed E-state index contributed by atoms with van der Waals surface area (Å²) in [5.74, 6) is 1.23. The number of rotatable bonds is 6. The highest BCUT2D eigenvalue weighted by molar-refractivity contribution is 8.07. The van der Waals surface area contributed by atoms with Crippen LogP contribution in [-0.2, 0) is 13.5 Å². The Morgan fingerprint density at radius 2 is 2.25 bits per heavy atom. The molecule has 0 aliphatic carbocycles. The lowest BCUT2D eigenvalue weighted by Crippen LogP contribution is -2.45. The van der Waals surface area contributed by atoms with Gasteiger partial charge in [0.1, 0.15) is 0 Å². The van der Waals surface area contributed by atoms with Crippen molar-refractivity contribution < 1.29 is 0 Å². The van der Waals surface area contributed by atoms with E-state index >= 15 is 0 Å². The predicted octanol–water partition coefficient (Wildman–Crippen LogP) is 2.35. The molecule has 114 valence electrons. The van der Waals surface area contributed by atoms with Crippen molar-refractivity contribution >= 4 is 23.5 Å². The van der Waals surface area contributed by atoms with Crippen LogP contribution in [0.2, 0.25) is 0 Å². The van der Waals surface area contributed by atoms with Crippen molar-refractivity contribution in [2.45, 2.75) is 55.4 Å². The molecule has 20 heavy (non-hydrogen) atoms. The number of hydrogen-bond donors (Lipinski definition) is 1. The molecule has 1 N–H and O–H groups in total. The number of aromatic nitrogens is 3. The molecule has 4 atom stereocenters. The summed E-state index contributed by atoms with van der Waals surface area (Å²) < 4.78 is 1.79. The molecule has 1 aromatic rings. The van der Waals surface area contributed by atoms with E-state index in [1.54, 1.807) is 4.68 Å². The lowest BCUT2D eigenvalue weighted by Gasteiger charge is -2.36. The molecule has 4 unspecified atom stereocenters. The smallest absolute Gasteiger partial charge is 0.0842 e. The largest absolute Gasteiger partial charge is 0.312 e. The maximum Gasteiger partial charge on any atom is 0.0842 e. The van der Waals surface area contributed by atoms with E-state index in [0.29, 0.717) is 11.3 Å². The lowest BCUT2D eigenvalue weighted by molar-refractivity contribution is 0.499. The van der Waals surface area contributed by atoms with Crippen molar-refractivity contribution in [1.82, 2.24) is 20.3 Å². The fraction of sp³-hybridized carbons (Fsp3) is 0.857. The Kier molecular flexibility index (Phi) is 6.23. The van der Waals surface area contributed by atoms with Crippen LogP contribution >= 0.6 is 23.5 Å². The van der Waals surface area contributed by atoms with Gasteiger partial charge in [-0.25, -0.2) is 0 Å². The Labute approximate surface area is 130 Å². The van der Waals surface area contributed by atoms with Gasteiger partial charge in [0.2, 0.25) is 0 Å². The fourth-order valence-corrected chi connectivity index (χ4v) is 5.53. The summed E-state index contributed by atoms with van der Waals surface area (Å²) in [4.78, 5) is 0. The van der Waals surface area contributed by atoms with Gasteiger partial charge >= 0.3 is 0 Å². The van der Waals surface area contributed by atoms with Crippen LogP contribution in [0.25, 0.3) is 0 Å². The average molecular weight is 315 g/mol. The van der Waals surface area contributed by atoms with Gasteiger partial charge in [-0.05, 0) is 13.0 Å². The van der Waals surface area contributed by atoms with Gasteiger partial charge in [0.05, 0.1) is 5.69 Å². The monoisotopic (exact) mass is 314 g/mol. The first-order valence-corrected chi connectivity index (χ1v) is 9.45. The molecule has 2 heterocycles. The molecule has 1 fully saturated rings. The summed E-state index contributed by atoms with van der Waals surface area (Å²) in [5.41, 5.74) is 1.10. The third-order valence-electron chi connectivity index (χ3n) is 3.76. The first kappa shape index (κ1) is 16.2. The molecule has 0 spiro atoms. The summed E-state index contributed by atoms with van der Waals surface area (Å²) in [6, 6.07) is 0.499. The summed E-state index contributed by atoms with van der Waals surface area (Å²) in [7, 11) is 1.93. The zero-order valence-electron chi connectivity index (χ0n) is 12.9. The minimum atomic E-state index is 0.499. The molecule has 0 aromatic carbocycles. The third-order valence-corrected chi connectivity index (χ3v) is 7.31. The summed E-state index contributed by atoms with van der Waals surface area (Å²) in [6.45, 7) is 8.00. The van der Waals surface area contributed by atoms with Crippen molar-refractivity contribution in [3.63, 3.8) is 0 Å². The van der Waals surface area contributed by atoms with Crippen LogP contribution < -0.4 is 5.32 Å². The fourth-order valence-electron chi connectivity index (χ4n) is 2.40. The lowest BCUT2D eigenvalue weighted by atomic mass is 10.1. The third kappa shape index (κ3) is 4.40. The van der Waals surface area contributed by atoms with Crippen molar-refractivity contribution in [2.24, 2.45) is 7.05 Å². The molecule has 0 amide bonds. The maximum absolute atomic E-state index is 4.25. The molecule has 0 radical (unpaired) electrons. The predicted molar refractivity (Wildman–Crippen MR) is 89.5 cm³/mol. The van der Waals surface area contributed by atoms with Gasteiger partial charge in [-0.3, -0.25) is 4.68 Å². The van der Waals surface area contributed by atoms with E-state index in [9.17, 15) is 0 Å². The van der Waals surface area contributed by atoms with Gasteiger partial charge in [0, 0.05) is 47.2 Å². The maximum atomic E-state index is 4.25. The second-order valence-electron chi connectivity index (χ2n) is 5.57. The van der Waals surface area contributed by atoms with E-state index in [1.807, 2.05) is 13.2 Å². The molecular formula is C14H26N4S2. The van der Waals surface area contributed by atoms with Crippen molar-refractivity contribution in [3.05, 3.63) is 11.9 Å². The summed E-state index contributed by atoms with van der Waals surface area (Å²) in [6.07, 6.45) is 4.19. The molecule has 0 bridgehead atoms. The first-order chi connectivity index (χ1) is 9.60. The summed E-state index contributed by atoms with van der Waals surface area (Å²) >= 11 is 4.25. The number of thioether (sulfide) groups is 2. The van der Waals surface area contributed by atoms with E-state index in [4.69, 9.17) is 0 Å². The van der Waals surface area contributed by atoms with Crippen LogP contribution in [0.15, 0.2) is 6.20 Å². The molecule has 6 heteroatoms. The second-order valence-corrected chi connectivity index (χ2v) is 8.60. The Balaban J connectivity index is 1.99. The van der Waals surface area contributed by atoms with Crippen molar-refractivity contribution in [2.75, 3.05) is 12.3 Å². The van der Waals surface area contributed by atoms with Gasteiger partial charge in [-0.2, -0.15) is 23.5 Å². The van der Waals surface area contributed by atoms with Gasteiger partial charge in [0.25, 0.3) is 0 Å². The number of hydrogen-bond acceptors (Lipinski definition) is 5. The SMILES string of the molecule is CCCNC(Cc1cn(C)nn1)C1CSC(C)C(C)S1. The highest BCUT2D eigenvalue weighted by Gasteiger charge is 2.31. The zero-order valence-corrected chi connectivity index (χ0v) is 14.5. The highest BCUT2D eigenvalue weighted by atomic mass is 32.2. The van der Waals surface area contributed by atoms with Crippen molar-refractivity contribution in [3.8, 4) is 0 Å². The van der Waals surface area contributed by atoms with Gasteiger partial charge in [-0.1, -0.05) is 26.0 Å². The number of nitrogens with zero attached hydrogens (tertiary/aromatic N) is 3. The Morgan fingerprint density at radius 3 is 2.85 bits per heavy atom.